The van der Waals surface area contributed by atoms with Crippen LogP contribution in [0, 0.1) is 0 Å². The van der Waals surface area contributed by atoms with E-state index in [1.54, 1.807) is 6.08 Å². The lowest BCUT2D eigenvalue weighted by Crippen LogP contribution is -1.90. The van der Waals surface area contributed by atoms with E-state index < -0.39 is 0 Å². The third kappa shape index (κ3) is 4.42. The summed E-state index contributed by atoms with van der Waals surface area (Å²) in [5.41, 5.74) is 4.44. The van der Waals surface area contributed by atoms with Gasteiger partial charge in [-0.2, -0.15) is 5.10 Å². The average Bonchev–Trinajstić information content (AvgIpc) is 3.11. The molecule has 0 aliphatic heterocycles. The van der Waals surface area contributed by atoms with E-state index in [0.717, 1.165) is 34.8 Å². The maximum atomic E-state index is 4.62. The first kappa shape index (κ1) is 16.7. The van der Waals surface area contributed by atoms with Crippen LogP contribution in [0.3, 0.4) is 0 Å². The van der Waals surface area contributed by atoms with Crippen molar-refractivity contribution in [1.29, 1.82) is 0 Å². The zero-order valence-electron chi connectivity index (χ0n) is 14.3. The first-order valence-corrected chi connectivity index (χ1v) is 8.28. The third-order valence-corrected chi connectivity index (χ3v) is 3.88. The number of aromatic nitrogens is 3. The van der Waals surface area contributed by atoms with E-state index in [1.165, 1.54) is 5.56 Å². The predicted octanol–water partition coefficient (Wildman–Crippen LogP) is 5.07. The number of nitrogens with one attached hydrogen (secondary N) is 1. The Labute approximate surface area is 148 Å². The van der Waals surface area contributed by atoms with Crippen molar-refractivity contribution in [2.24, 2.45) is 0 Å². The number of hydrogen-bond donors (Lipinski definition) is 1. The Balaban J connectivity index is 1.82. The summed E-state index contributed by atoms with van der Waals surface area (Å²) in [6.07, 6.45) is 6.63. The minimum Gasteiger partial charge on any atom is -0.262 e. The van der Waals surface area contributed by atoms with Gasteiger partial charge in [-0.3, -0.25) is 5.10 Å². The molecule has 0 amide bonds. The fourth-order valence-electron chi connectivity index (χ4n) is 2.62. The molecular formula is C22H21N3. The van der Waals surface area contributed by atoms with Crippen LogP contribution in [0.4, 0.5) is 0 Å². The van der Waals surface area contributed by atoms with Gasteiger partial charge in [-0.05, 0) is 35.3 Å². The van der Waals surface area contributed by atoms with Gasteiger partial charge in [-0.25, -0.2) is 4.98 Å². The van der Waals surface area contributed by atoms with E-state index in [9.17, 15) is 0 Å². The molecular weight excluding hydrogens is 306 g/mol. The molecule has 0 radical (unpaired) electrons. The van der Waals surface area contributed by atoms with Crippen LogP contribution < -0.4 is 0 Å². The third-order valence-electron chi connectivity index (χ3n) is 3.88. The Kier molecular flexibility index (Phi) is 5.37. The topological polar surface area (TPSA) is 41.6 Å². The lowest BCUT2D eigenvalue weighted by atomic mass is 10.0. The van der Waals surface area contributed by atoms with Gasteiger partial charge in [0.15, 0.2) is 5.82 Å². The summed E-state index contributed by atoms with van der Waals surface area (Å²) < 4.78 is 0. The van der Waals surface area contributed by atoms with E-state index in [4.69, 9.17) is 0 Å². The van der Waals surface area contributed by atoms with Gasteiger partial charge in [-0.1, -0.05) is 79.4 Å². The molecule has 1 N–H and O–H groups in total. The van der Waals surface area contributed by atoms with E-state index in [0.29, 0.717) is 0 Å². The van der Waals surface area contributed by atoms with Crippen molar-refractivity contribution in [2.75, 3.05) is 0 Å². The smallest absolute Gasteiger partial charge is 0.176 e. The van der Waals surface area contributed by atoms with Gasteiger partial charge in [0, 0.05) is 6.42 Å². The fraction of sp³-hybridized carbons (Fsp3) is 0.0909. The van der Waals surface area contributed by atoms with Crippen molar-refractivity contribution in [3.05, 3.63) is 108 Å². The van der Waals surface area contributed by atoms with Gasteiger partial charge >= 0.3 is 0 Å². The summed E-state index contributed by atoms with van der Waals surface area (Å²) >= 11 is 0. The predicted molar refractivity (Wildman–Crippen MR) is 104 cm³/mol. The zero-order valence-corrected chi connectivity index (χ0v) is 14.3. The normalized spacial score (nSPS) is 12.2. The van der Waals surface area contributed by atoms with Crippen LogP contribution in [-0.2, 0) is 6.42 Å². The highest BCUT2D eigenvalue weighted by molar-refractivity contribution is 5.82. The first-order chi connectivity index (χ1) is 12.3. The van der Waals surface area contributed by atoms with E-state index in [2.05, 4.69) is 52.1 Å². The van der Waals surface area contributed by atoms with E-state index in [-0.39, 0.29) is 0 Å². The number of rotatable bonds is 6. The second kappa shape index (κ2) is 8.06. The molecule has 124 valence electrons. The lowest BCUT2D eigenvalue weighted by molar-refractivity contribution is 0.971. The van der Waals surface area contributed by atoms with Crippen LogP contribution in [0.15, 0.2) is 85.5 Å². The van der Waals surface area contributed by atoms with Crippen molar-refractivity contribution < 1.29 is 0 Å². The molecule has 3 aromatic rings. The number of aromatic amines is 1. The van der Waals surface area contributed by atoms with Crippen molar-refractivity contribution in [2.45, 2.75) is 13.3 Å². The van der Waals surface area contributed by atoms with E-state index >= 15 is 0 Å². The zero-order chi connectivity index (χ0) is 17.5. The molecule has 0 fully saturated rings. The van der Waals surface area contributed by atoms with Gasteiger partial charge < -0.3 is 0 Å². The van der Waals surface area contributed by atoms with Crippen LogP contribution in [0.1, 0.15) is 29.7 Å². The number of allylic oxidation sites excluding steroid dienone is 5. The second-order valence-corrected chi connectivity index (χ2v) is 5.82. The number of hydrogen-bond acceptors (Lipinski definition) is 2. The molecule has 0 saturated carbocycles. The number of benzene rings is 2. The second-order valence-electron chi connectivity index (χ2n) is 5.82. The van der Waals surface area contributed by atoms with Crippen LogP contribution in [0.5, 0.6) is 0 Å². The standard InChI is InChI=1S/C22H21N3/c1-3-10-20(19-13-8-5-9-14-19)15-17(2)22-23-21(24-25-22)16-18-11-6-4-7-12-18/h3-15H,1,16H2,2H3,(H,23,24,25)/b17-15+,20-10+. The molecule has 2 aromatic carbocycles. The Morgan fingerprint density at radius 2 is 1.72 bits per heavy atom. The van der Waals surface area contributed by atoms with Gasteiger partial charge in [-0.15, -0.1) is 0 Å². The van der Waals surface area contributed by atoms with Crippen LogP contribution in [0.2, 0.25) is 0 Å². The highest BCUT2D eigenvalue weighted by Crippen LogP contribution is 2.21. The SMILES string of the molecule is C=C/C=C(\C=C(/C)c1n[nH]c(Cc2ccccc2)n1)c1ccccc1. The molecule has 0 bridgehead atoms. The highest BCUT2D eigenvalue weighted by atomic mass is 15.2. The molecule has 0 atom stereocenters. The van der Waals surface area contributed by atoms with Crippen LogP contribution in [0.25, 0.3) is 11.1 Å². The Morgan fingerprint density at radius 1 is 1.04 bits per heavy atom. The van der Waals surface area contributed by atoms with Crippen molar-refractivity contribution in [3.8, 4) is 0 Å². The van der Waals surface area contributed by atoms with Crippen LogP contribution >= 0.6 is 0 Å². The molecule has 0 saturated heterocycles. The molecule has 0 unspecified atom stereocenters. The minimum absolute atomic E-state index is 0.719. The van der Waals surface area contributed by atoms with Crippen molar-refractivity contribution in [1.82, 2.24) is 15.2 Å². The van der Waals surface area contributed by atoms with Gasteiger partial charge in [0.05, 0.1) is 0 Å². The summed E-state index contributed by atoms with van der Waals surface area (Å²) in [6.45, 7) is 5.84. The molecule has 25 heavy (non-hydrogen) atoms. The Hall–Kier alpha value is -3.20. The van der Waals surface area contributed by atoms with Crippen molar-refractivity contribution in [3.63, 3.8) is 0 Å². The maximum Gasteiger partial charge on any atom is 0.176 e. The quantitative estimate of drug-likeness (QED) is 0.642. The summed E-state index contributed by atoms with van der Waals surface area (Å²) in [5.74, 6) is 1.58. The van der Waals surface area contributed by atoms with Gasteiger partial charge in [0.2, 0.25) is 0 Å². The highest BCUT2D eigenvalue weighted by Gasteiger charge is 2.07. The molecule has 3 nitrogen and oxygen atoms in total. The van der Waals surface area contributed by atoms with Gasteiger partial charge in [0.1, 0.15) is 5.82 Å². The molecule has 3 heteroatoms. The average molecular weight is 327 g/mol. The fourth-order valence-corrected chi connectivity index (χ4v) is 2.62. The largest absolute Gasteiger partial charge is 0.262 e. The van der Waals surface area contributed by atoms with E-state index in [1.807, 2.05) is 49.4 Å². The Bertz CT molecular complexity index is 887. The lowest BCUT2D eigenvalue weighted by Gasteiger charge is -2.03. The summed E-state index contributed by atoms with van der Waals surface area (Å²) in [6, 6.07) is 20.5. The summed E-state index contributed by atoms with van der Waals surface area (Å²) in [5, 5.41) is 7.40. The number of H-pyrrole nitrogens is 1. The summed E-state index contributed by atoms with van der Waals surface area (Å²) in [7, 11) is 0. The number of nitrogens with zero attached hydrogens (tertiary/aromatic N) is 2. The van der Waals surface area contributed by atoms with Crippen LogP contribution in [-0.4, -0.2) is 15.2 Å². The molecule has 0 spiro atoms. The Morgan fingerprint density at radius 3 is 2.40 bits per heavy atom. The monoisotopic (exact) mass is 327 g/mol. The molecule has 0 aliphatic rings. The van der Waals surface area contributed by atoms with Crippen molar-refractivity contribution >= 4 is 11.1 Å². The molecule has 3 rings (SSSR count). The van der Waals surface area contributed by atoms with Gasteiger partial charge in [0.25, 0.3) is 0 Å². The molecule has 1 aromatic heterocycles. The summed E-state index contributed by atoms with van der Waals surface area (Å²) in [4.78, 5) is 4.62. The maximum absolute atomic E-state index is 4.62. The molecule has 0 aliphatic carbocycles. The molecule has 1 heterocycles. The minimum atomic E-state index is 0.719. The first-order valence-electron chi connectivity index (χ1n) is 8.28.